The van der Waals surface area contributed by atoms with Crippen LogP contribution in [0.2, 0.25) is 0 Å². The molecule has 0 aliphatic carbocycles. The van der Waals surface area contributed by atoms with E-state index >= 15 is 0 Å². The molecule has 2 aromatic carbocycles. The van der Waals surface area contributed by atoms with E-state index in [1.165, 1.54) is 11.8 Å². The molecule has 0 radical (unpaired) electrons. The Balaban J connectivity index is 1.84. The summed E-state index contributed by atoms with van der Waals surface area (Å²) < 4.78 is 17.5. The van der Waals surface area contributed by atoms with Crippen LogP contribution >= 0.6 is 27.7 Å². The zero-order valence-corrected chi connectivity index (χ0v) is 21.3. The molecule has 0 N–H and O–H groups in total. The summed E-state index contributed by atoms with van der Waals surface area (Å²) in [7, 11) is 1.62. The molecule has 172 valence electrons. The monoisotopic (exact) mass is 520 g/mol. The van der Waals surface area contributed by atoms with Crippen molar-refractivity contribution < 1.29 is 19.0 Å². The maximum Gasteiger partial charge on any atom is 0.242 e. The lowest BCUT2D eigenvalue weighted by atomic mass is 10.1. The highest BCUT2D eigenvalue weighted by molar-refractivity contribution is 9.10. The van der Waals surface area contributed by atoms with Gasteiger partial charge in [0.05, 0.1) is 31.3 Å². The van der Waals surface area contributed by atoms with Crippen molar-refractivity contribution >= 4 is 44.5 Å². The first-order valence-corrected chi connectivity index (χ1v) is 12.5. The van der Waals surface area contributed by atoms with E-state index in [9.17, 15) is 4.79 Å². The standard InChI is InChI=1S/C24H29BrN2O4S/c1-5-12-27-23(28)22(14-16-13-21(31-7-3)20(29-4)15-19(16)25)32-24(27)26-17-8-10-18(11-9-17)30-6-2/h8-11,13,15,22H,5-7,12,14H2,1-4H3/t22-/m1/s1. The van der Waals surface area contributed by atoms with Gasteiger partial charge in [0.2, 0.25) is 5.91 Å². The van der Waals surface area contributed by atoms with Crippen molar-refractivity contribution in [2.24, 2.45) is 4.99 Å². The highest BCUT2D eigenvalue weighted by atomic mass is 79.9. The van der Waals surface area contributed by atoms with Crippen molar-refractivity contribution in [2.75, 3.05) is 26.9 Å². The summed E-state index contributed by atoms with van der Waals surface area (Å²) in [6.45, 7) is 7.76. The third kappa shape index (κ3) is 5.78. The molecule has 32 heavy (non-hydrogen) atoms. The molecule has 1 aliphatic rings. The Labute approximate surface area is 202 Å². The highest BCUT2D eigenvalue weighted by Crippen LogP contribution is 2.38. The lowest BCUT2D eigenvalue weighted by molar-refractivity contribution is -0.126. The summed E-state index contributed by atoms with van der Waals surface area (Å²) in [5.74, 6) is 2.24. The normalized spacial score (nSPS) is 17.2. The van der Waals surface area contributed by atoms with Crippen molar-refractivity contribution in [3.8, 4) is 17.2 Å². The van der Waals surface area contributed by atoms with E-state index in [0.29, 0.717) is 37.7 Å². The summed E-state index contributed by atoms with van der Waals surface area (Å²) in [5.41, 5.74) is 1.80. The lowest BCUT2D eigenvalue weighted by Gasteiger charge is -2.16. The number of nitrogens with zero attached hydrogens (tertiary/aromatic N) is 2. The topological polar surface area (TPSA) is 60.4 Å². The number of carbonyl (C=O) groups excluding carboxylic acids is 1. The van der Waals surface area contributed by atoms with Crippen LogP contribution in [0.5, 0.6) is 17.2 Å². The number of rotatable bonds is 10. The third-order valence-electron chi connectivity index (χ3n) is 4.88. The van der Waals surface area contributed by atoms with Crippen LogP contribution in [0.3, 0.4) is 0 Å². The molecule has 1 saturated heterocycles. The van der Waals surface area contributed by atoms with Gasteiger partial charge in [0.1, 0.15) is 5.75 Å². The fourth-order valence-electron chi connectivity index (χ4n) is 3.41. The molecule has 0 unspecified atom stereocenters. The second kappa shape index (κ2) is 11.6. The minimum atomic E-state index is -0.248. The van der Waals surface area contributed by atoms with Crippen molar-refractivity contribution in [1.82, 2.24) is 4.90 Å². The number of methoxy groups -OCH3 is 1. The minimum Gasteiger partial charge on any atom is -0.494 e. The van der Waals surface area contributed by atoms with E-state index in [2.05, 4.69) is 22.9 Å². The zero-order valence-electron chi connectivity index (χ0n) is 18.9. The first-order chi connectivity index (χ1) is 15.5. The van der Waals surface area contributed by atoms with Gasteiger partial charge >= 0.3 is 0 Å². The summed E-state index contributed by atoms with van der Waals surface area (Å²) >= 11 is 5.13. The number of amidine groups is 1. The Kier molecular flexibility index (Phi) is 8.87. The molecule has 1 amide bonds. The smallest absolute Gasteiger partial charge is 0.242 e. The molecule has 1 atom stereocenters. The van der Waals surface area contributed by atoms with Gasteiger partial charge in [-0.25, -0.2) is 4.99 Å². The number of carbonyl (C=O) groups is 1. The van der Waals surface area contributed by atoms with E-state index in [-0.39, 0.29) is 11.2 Å². The molecule has 1 heterocycles. The Morgan fingerprint density at radius 1 is 1.06 bits per heavy atom. The number of hydrogen-bond donors (Lipinski definition) is 0. The first-order valence-electron chi connectivity index (χ1n) is 10.8. The largest absolute Gasteiger partial charge is 0.494 e. The fraction of sp³-hybridized carbons (Fsp3) is 0.417. The molecule has 0 aromatic heterocycles. The summed E-state index contributed by atoms with van der Waals surface area (Å²) in [4.78, 5) is 19.8. The van der Waals surface area contributed by atoms with Crippen LogP contribution < -0.4 is 14.2 Å². The number of amides is 1. The third-order valence-corrected chi connectivity index (χ3v) is 6.79. The van der Waals surface area contributed by atoms with Crippen LogP contribution in [0.4, 0.5) is 5.69 Å². The van der Waals surface area contributed by atoms with Gasteiger partial charge in [0.25, 0.3) is 0 Å². The van der Waals surface area contributed by atoms with Gasteiger partial charge < -0.3 is 14.2 Å². The van der Waals surface area contributed by atoms with E-state index < -0.39 is 0 Å². The summed E-state index contributed by atoms with van der Waals surface area (Å²) in [5, 5.41) is 0.489. The van der Waals surface area contributed by atoms with Crippen LogP contribution in [-0.4, -0.2) is 48.1 Å². The zero-order chi connectivity index (χ0) is 23.1. The number of ether oxygens (including phenoxy) is 3. The van der Waals surface area contributed by atoms with Crippen molar-refractivity contribution in [1.29, 1.82) is 0 Å². The predicted molar refractivity (Wildman–Crippen MR) is 134 cm³/mol. The quantitative estimate of drug-likeness (QED) is 0.393. The second-order valence-corrected chi connectivity index (χ2v) is 9.17. The summed E-state index contributed by atoms with van der Waals surface area (Å²) in [6, 6.07) is 11.5. The average Bonchev–Trinajstić information content (AvgIpc) is 3.06. The van der Waals surface area contributed by atoms with Crippen LogP contribution in [-0.2, 0) is 11.2 Å². The predicted octanol–water partition coefficient (Wildman–Crippen LogP) is 5.84. The molecule has 8 heteroatoms. The van der Waals surface area contributed by atoms with Gasteiger partial charge in [-0.1, -0.05) is 34.6 Å². The molecule has 0 spiro atoms. The molecule has 2 aromatic rings. The Bertz CT molecular complexity index is 965. The van der Waals surface area contributed by atoms with E-state index in [0.717, 1.165) is 33.1 Å². The number of aliphatic imine (C=N–C) groups is 1. The molecular weight excluding hydrogens is 492 g/mol. The molecule has 3 rings (SSSR count). The lowest BCUT2D eigenvalue weighted by Crippen LogP contribution is -2.33. The second-order valence-electron chi connectivity index (χ2n) is 7.15. The van der Waals surface area contributed by atoms with E-state index in [4.69, 9.17) is 19.2 Å². The SMILES string of the molecule is CCCN1C(=O)[C@@H](Cc2cc(OCC)c(OC)cc2Br)SC1=Nc1ccc(OCC)cc1. The first kappa shape index (κ1) is 24.5. The highest BCUT2D eigenvalue weighted by Gasteiger charge is 2.38. The Morgan fingerprint density at radius 2 is 1.78 bits per heavy atom. The van der Waals surface area contributed by atoms with Crippen LogP contribution in [0.1, 0.15) is 32.8 Å². The van der Waals surface area contributed by atoms with E-state index in [1.54, 1.807) is 12.0 Å². The number of hydrogen-bond acceptors (Lipinski definition) is 6. The summed E-state index contributed by atoms with van der Waals surface area (Å²) in [6.07, 6.45) is 1.43. The van der Waals surface area contributed by atoms with Crippen molar-refractivity contribution in [2.45, 2.75) is 38.9 Å². The molecule has 1 fully saturated rings. The molecular formula is C24H29BrN2O4S. The Morgan fingerprint density at radius 3 is 2.41 bits per heavy atom. The maximum atomic E-state index is 13.2. The fourth-order valence-corrected chi connectivity index (χ4v) is 5.11. The molecule has 0 saturated carbocycles. The van der Waals surface area contributed by atoms with Crippen LogP contribution in [0.25, 0.3) is 0 Å². The Hall–Kier alpha value is -2.19. The van der Waals surface area contributed by atoms with Crippen molar-refractivity contribution in [3.05, 3.63) is 46.4 Å². The van der Waals surface area contributed by atoms with Gasteiger partial charge in [-0.15, -0.1) is 0 Å². The number of thioether (sulfide) groups is 1. The molecule has 0 bridgehead atoms. The van der Waals surface area contributed by atoms with Crippen LogP contribution in [0.15, 0.2) is 45.9 Å². The van der Waals surface area contributed by atoms with Gasteiger partial charge in [0.15, 0.2) is 16.7 Å². The molecule has 1 aliphatic heterocycles. The van der Waals surface area contributed by atoms with Gasteiger partial charge in [0, 0.05) is 11.0 Å². The van der Waals surface area contributed by atoms with Gasteiger partial charge in [-0.2, -0.15) is 0 Å². The van der Waals surface area contributed by atoms with Crippen LogP contribution in [0, 0.1) is 0 Å². The average molecular weight is 521 g/mol. The number of halogens is 1. The minimum absolute atomic E-state index is 0.0854. The van der Waals surface area contributed by atoms with Gasteiger partial charge in [-0.05, 0) is 68.7 Å². The van der Waals surface area contributed by atoms with Crippen molar-refractivity contribution in [3.63, 3.8) is 0 Å². The maximum absolute atomic E-state index is 13.2. The van der Waals surface area contributed by atoms with Gasteiger partial charge in [-0.3, -0.25) is 9.69 Å². The number of benzene rings is 2. The van der Waals surface area contributed by atoms with E-state index in [1.807, 2.05) is 50.2 Å². The molecule has 6 nitrogen and oxygen atoms in total.